The summed E-state index contributed by atoms with van der Waals surface area (Å²) in [6.45, 7) is 0. The molecule has 0 aromatic carbocycles. The van der Waals surface area contributed by atoms with Crippen LogP contribution in [0.1, 0.15) is 12.8 Å². The first kappa shape index (κ1) is 4.76. The predicted molar refractivity (Wildman–Crippen MR) is 36.2 cm³/mol. The van der Waals surface area contributed by atoms with E-state index in [9.17, 15) is 5.11 Å². The second-order valence-corrected chi connectivity index (χ2v) is 4.78. The maximum atomic E-state index is 9.72. The maximum absolute atomic E-state index is 9.72. The van der Waals surface area contributed by atoms with Gasteiger partial charge in [-0.1, -0.05) is 0 Å². The van der Waals surface area contributed by atoms with Crippen LogP contribution >= 0.6 is 0 Å². The third-order valence-corrected chi connectivity index (χ3v) is 4.76. The summed E-state index contributed by atoms with van der Waals surface area (Å²) in [4.78, 5) is 0. The highest BCUT2D eigenvalue weighted by atomic mass is 16.3. The Bertz CT molecular complexity index is 193. The Hall–Kier alpha value is -0.0400. The smallest absolute Gasteiger partial charge is 0.0602 e. The first-order valence-electron chi connectivity index (χ1n) is 4.56. The molecule has 5 fully saturated rings. The molecule has 4 bridgehead atoms. The van der Waals surface area contributed by atoms with Crippen molar-refractivity contribution >= 4 is 0 Å². The van der Waals surface area contributed by atoms with Crippen LogP contribution in [0.5, 0.6) is 0 Å². The summed E-state index contributed by atoms with van der Waals surface area (Å²) < 4.78 is 0. The molecule has 7 atom stereocenters. The molecular formula is C9H12O. The van der Waals surface area contributed by atoms with Gasteiger partial charge < -0.3 is 5.11 Å². The first-order chi connectivity index (χ1) is 4.88. The summed E-state index contributed by atoms with van der Waals surface area (Å²) >= 11 is 0. The second kappa shape index (κ2) is 1.08. The minimum Gasteiger partial charge on any atom is -0.393 e. The molecule has 0 aromatic rings. The van der Waals surface area contributed by atoms with Crippen LogP contribution in [0, 0.1) is 35.5 Å². The largest absolute Gasteiger partial charge is 0.393 e. The van der Waals surface area contributed by atoms with Gasteiger partial charge >= 0.3 is 0 Å². The SMILES string of the molecule is O[C@H]1C2C[C@@H]3[C@H](C2)[C@H]2C1[C@H]32. The van der Waals surface area contributed by atoms with E-state index in [0.717, 1.165) is 35.5 Å². The van der Waals surface area contributed by atoms with E-state index in [4.69, 9.17) is 0 Å². The molecule has 0 aromatic heterocycles. The Morgan fingerprint density at radius 2 is 1.50 bits per heavy atom. The van der Waals surface area contributed by atoms with E-state index in [-0.39, 0.29) is 6.10 Å². The Morgan fingerprint density at radius 1 is 0.900 bits per heavy atom. The molecule has 54 valence electrons. The molecule has 2 unspecified atom stereocenters. The summed E-state index contributed by atoms with van der Waals surface area (Å²) in [6.07, 6.45) is 2.89. The lowest BCUT2D eigenvalue weighted by Gasteiger charge is -2.28. The third kappa shape index (κ3) is 0.268. The van der Waals surface area contributed by atoms with E-state index in [1.54, 1.807) is 0 Å². The monoisotopic (exact) mass is 136 g/mol. The van der Waals surface area contributed by atoms with Crippen LogP contribution in [-0.2, 0) is 0 Å². The van der Waals surface area contributed by atoms with Gasteiger partial charge in [0.25, 0.3) is 0 Å². The van der Waals surface area contributed by atoms with Crippen molar-refractivity contribution in [3.8, 4) is 0 Å². The number of aliphatic hydroxyl groups excluding tert-OH is 1. The van der Waals surface area contributed by atoms with Crippen molar-refractivity contribution in [1.82, 2.24) is 0 Å². The van der Waals surface area contributed by atoms with Gasteiger partial charge in [0.1, 0.15) is 0 Å². The predicted octanol–water partition coefficient (Wildman–Crippen LogP) is 0.879. The summed E-state index contributed by atoms with van der Waals surface area (Å²) in [7, 11) is 0. The first-order valence-corrected chi connectivity index (χ1v) is 4.56. The lowest BCUT2D eigenvalue weighted by Crippen LogP contribution is -2.25. The molecule has 0 spiro atoms. The molecule has 1 N–H and O–H groups in total. The molecule has 0 aliphatic heterocycles. The second-order valence-electron chi connectivity index (χ2n) is 4.78. The molecule has 10 heavy (non-hydrogen) atoms. The van der Waals surface area contributed by atoms with E-state index in [2.05, 4.69) is 0 Å². The van der Waals surface area contributed by atoms with Crippen LogP contribution in [0.3, 0.4) is 0 Å². The summed E-state index contributed by atoms with van der Waals surface area (Å²) in [6, 6.07) is 0. The van der Waals surface area contributed by atoms with Crippen molar-refractivity contribution in [2.45, 2.75) is 18.9 Å². The Balaban J connectivity index is 1.88. The van der Waals surface area contributed by atoms with Crippen LogP contribution in [0.25, 0.3) is 0 Å². The molecule has 5 rings (SSSR count). The zero-order valence-electron chi connectivity index (χ0n) is 5.90. The normalized spacial score (nSPS) is 80.7. The average Bonchev–Trinajstić information content (AvgIpc) is 2.54. The van der Waals surface area contributed by atoms with Crippen molar-refractivity contribution in [2.75, 3.05) is 0 Å². The van der Waals surface area contributed by atoms with E-state index >= 15 is 0 Å². The summed E-state index contributed by atoms with van der Waals surface area (Å²) in [5.74, 6) is 5.72. The van der Waals surface area contributed by atoms with Gasteiger partial charge in [0.2, 0.25) is 0 Å². The summed E-state index contributed by atoms with van der Waals surface area (Å²) in [5, 5.41) is 9.72. The van der Waals surface area contributed by atoms with Crippen molar-refractivity contribution in [3.05, 3.63) is 0 Å². The standard InChI is InChI=1S/C9H12O/c10-9-3-1-4-5(2-3)7-6(4)8(7)9/h3-10H,1-2H2/t3?,4-,5+,6-,7-,8?,9+/m1/s1. The number of aliphatic hydroxyl groups is 1. The van der Waals surface area contributed by atoms with E-state index in [0.29, 0.717) is 0 Å². The van der Waals surface area contributed by atoms with Crippen molar-refractivity contribution in [1.29, 1.82) is 0 Å². The fraction of sp³-hybridized carbons (Fsp3) is 1.00. The fourth-order valence-corrected chi connectivity index (χ4v) is 4.46. The van der Waals surface area contributed by atoms with Gasteiger partial charge in [0.05, 0.1) is 6.10 Å². The Kier molecular flexibility index (Phi) is 0.513. The van der Waals surface area contributed by atoms with Crippen LogP contribution in [-0.4, -0.2) is 11.2 Å². The van der Waals surface area contributed by atoms with Gasteiger partial charge in [-0.3, -0.25) is 0 Å². The Labute approximate surface area is 60.4 Å². The number of hydrogen-bond donors (Lipinski definition) is 1. The van der Waals surface area contributed by atoms with Gasteiger partial charge in [-0.25, -0.2) is 0 Å². The van der Waals surface area contributed by atoms with Crippen LogP contribution in [0.4, 0.5) is 0 Å². The highest BCUT2D eigenvalue weighted by Gasteiger charge is 2.77. The van der Waals surface area contributed by atoms with Gasteiger partial charge in [-0.15, -0.1) is 0 Å². The number of rotatable bonds is 0. The quantitative estimate of drug-likeness (QED) is 0.524. The van der Waals surface area contributed by atoms with Crippen LogP contribution < -0.4 is 0 Å². The topological polar surface area (TPSA) is 20.2 Å². The zero-order valence-corrected chi connectivity index (χ0v) is 5.90. The lowest BCUT2D eigenvalue weighted by atomic mass is 9.77. The summed E-state index contributed by atoms with van der Waals surface area (Å²) in [5.41, 5.74) is 0. The molecule has 5 saturated carbocycles. The molecule has 0 saturated heterocycles. The third-order valence-electron chi connectivity index (χ3n) is 4.76. The zero-order chi connectivity index (χ0) is 6.46. The van der Waals surface area contributed by atoms with Gasteiger partial charge in [0.15, 0.2) is 0 Å². The van der Waals surface area contributed by atoms with E-state index in [1.807, 2.05) is 0 Å². The molecule has 5 aliphatic rings. The van der Waals surface area contributed by atoms with Gasteiger partial charge in [0, 0.05) is 0 Å². The highest BCUT2D eigenvalue weighted by Crippen LogP contribution is 2.80. The minimum absolute atomic E-state index is 0.130. The van der Waals surface area contributed by atoms with E-state index in [1.165, 1.54) is 12.8 Å². The lowest BCUT2D eigenvalue weighted by molar-refractivity contribution is 0.0608. The molecule has 0 heterocycles. The maximum Gasteiger partial charge on any atom is 0.0602 e. The molecule has 0 radical (unpaired) electrons. The Morgan fingerprint density at radius 3 is 2.10 bits per heavy atom. The van der Waals surface area contributed by atoms with Crippen molar-refractivity contribution in [3.63, 3.8) is 0 Å². The van der Waals surface area contributed by atoms with Crippen molar-refractivity contribution in [2.24, 2.45) is 35.5 Å². The molecule has 0 amide bonds. The van der Waals surface area contributed by atoms with Gasteiger partial charge in [-0.2, -0.15) is 0 Å². The molecular weight excluding hydrogens is 124 g/mol. The minimum atomic E-state index is 0.130. The number of hydrogen-bond acceptors (Lipinski definition) is 1. The average molecular weight is 136 g/mol. The molecule has 1 nitrogen and oxygen atoms in total. The van der Waals surface area contributed by atoms with Gasteiger partial charge in [-0.05, 0) is 48.3 Å². The van der Waals surface area contributed by atoms with Crippen molar-refractivity contribution < 1.29 is 5.11 Å². The van der Waals surface area contributed by atoms with E-state index < -0.39 is 0 Å². The highest BCUT2D eigenvalue weighted by molar-refractivity contribution is 5.25. The molecule has 1 heteroatoms. The fourth-order valence-electron chi connectivity index (χ4n) is 4.46. The van der Waals surface area contributed by atoms with Crippen LogP contribution in [0.15, 0.2) is 0 Å². The van der Waals surface area contributed by atoms with Crippen LogP contribution in [0.2, 0.25) is 0 Å². The molecule has 5 aliphatic carbocycles.